The van der Waals surface area contributed by atoms with E-state index in [4.69, 9.17) is 4.74 Å². The molecule has 2 aromatic rings. The number of hydrogen-bond acceptors (Lipinski definition) is 4. The van der Waals surface area contributed by atoms with Gasteiger partial charge in [-0.1, -0.05) is 37.7 Å². The van der Waals surface area contributed by atoms with Crippen LogP contribution in [0.25, 0.3) is 0 Å². The summed E-state index contributed by atoms with van der Waals surface area (Å²) in [4.78, 5) is 8.39. The Kier molecular flexibility index (Phi) is 6.05. The van der Waals surface area contributed by atoms with Crippen LogP contribution in [-0.4, -0.2) is 22.3 Å². The van der Waals surface area contributed by atoms with Crippen LogP contribution in [-0.2, 0) is 0 Å². The first-order chi connectivity index (χ1) is 10.2. The van der Waals surface area contributed by atoms with E-state index in [0.717, 1.165) is 29.7 Å². The van der Waals surface area contributed by atoms with Gasteiger partial charge in [-0.15, -0.1) is 0 Å². The van der Waals surface area contributed by atoms with Crippen LogP contribution in [0.3, 0.4) is 0 Å². The molecule has 0 fully saturated rings. The molecule has 1 heterocycles. The fourth-order valence-corrected chi connectivity index (χ4v) is 2.72. The quantitative estimate of drug-likeness (QED) is 0.429. The molecule has 0 saturated carbocycles. The molecule has 0 bridgehead atoms. The molecule has 0 spiro atoms. The molecular weight excluding hydrogens is 280 g/mol. The van der Waals surface area contributed by atoms with Crippen molar-refractivity contribution in [3.8, 4) is 5.75 Å². The first-order valence-corrected chi connectivity index (χ1v) is 8.28. The third-order valence-corrected chi connectivity index (χ3v) is 4.07. The summed E-state index contributed by atoms with van der Waals surface area (Å²) in [5, 5.41) is 0.830. The average molecular weight is 302 g/mol. The van der Waals surface area contributed by atoms with E-state index < -0.39 is 0 Å². The molecule has 0 amide bonds. The fraction of sp³-hybridized carbons (Fsp3) is 0.412. The molecule has 112 valence electrons. The van der Waals surface area contributed by atoms with Gasteiger partial charge in [0.05, 0.1) is 6.61 Å². The Morgan fingerprint density at radius 1 is 1.19 bits per heavy atom. The van der Waals surface area contributed by atoms with E-state index in [1.165, 1.54) is 11.1 Å². The summed E-state index contributed by atoms with van der Waals surface area (Å²) in [5.74, 6) is 2.46. The summed E-state index contributed by atoms with van der Waals surface area (Å²) in [6, 6.07) is 8.27. The minimum atomic E-state index is 0.479. The van der Waals surface area contributed by atoms with Crippen LogP contribution in [0, 0.1) is 6.92 Å². The van der Waals surface area contributed by atoms with Crippen molar-refractivity contribution in [1.82, 2.24) is 9.97 Å². The fourth-order valence-electron chi connectivity index (χ4n) is 2.01. The topological polar surface area (TPSA) is 35.0 Å². The number of aromatic nitrogens is 2. The molecule has 0 atom stereocenters. The number of ether oxygens (including phenoxy) is 1. The van der Waals surface area contributed by atoms with Crippen molar-refractivity contribution < 1.29 is 4.74 Å². The average Bonchev–Trinajstić information content (AvgIpc) is 2.48. The summed E-state index contributed by atoms with van der Waals surface area (Å²) >= 11 is 1.67. The summed E-state index contributed by atoms with van der Waals surface area (Å²) in [7, 11) is 0. The van der Waals surface area contributed by atoms with Crippen LogP contribution in [0.5, 0.6) is 5.75 Å². The summed E-state index contributed by atoms with van der Waals surface area (Å²) in [6.07, 6.45) is 4.52. The van der Waals surface area contributed by atoms with Crippen molar-refractivity contribution in [2.75, 3.05) is 12.4 Å². The van der Waals surface area contributed by atoms with Gasteiger partial charge in [0.25, 0.3) is 0 Å². The number of benzene rings is 1. The highest BCUT2D eigenvalue weighted by Gasteiger charge is 2.08. The largest absolute Gasteiger partial charge is 0.493 e. The van der Waals surface area contributed by atoms with Gasteiger partial charge in [-0.05, 0) is 42.5 Å². The Balaban J connectivity index is 1.79. The zero-order valence-corrected chi connectivity index (χ0v) is 13.7. The van der Waals surface area contributed by atoms with E-state index in [1.54, 1.807) is 24.2 Å². The lowest BCUT2D eigenvalue weighted by Crippen LogP contribution is -2.03. The molecule has 0 aliphatic carbocycles. The Hall–Kier alpha value is -1.55. The molecule has 0 unspecified atom stereocenters. The minimum absolute atomic E-state index is 0.479. The van der Waals surface area contributed by atoms with Crippen LogP contribution >= 0.6 is 11.8 Å². The minimum Gasteiger partial charge on any atom is -0.493 e. The molecule has 0 aliphatic rings. The second-order valence-corrected chi connectivity index (χ2v) is 6.34. The van der Waals surface area contributed by atoms with Crippen molar-refractivity contribution in [3.63, 3.8) is 0 Å². The standard InChI is InChI=1S/C17H22N2OS/c1-13(2)15-7-6-14(3)12-16(15)20-10-5-11-21-17-18-8-4-9-19-17/h4,6-9,12-13H,5,10-11H2,1-3H3. The SMILES string of the molecule is Cc1ccc(C(C)C)c(OCCCSc2ncccn2)c1. The van der Waals surface area contributed by atoms with Crippen LogP contribution < -0.4 is 4.74 Å². The zero-order valence-electron chi connectivity index (χ0n) is 12.9. The van der Waals surface area contributed by atoms with Crippen molar-refractivity contribution >= 4 is 11.8 Å². The van der Waals surface area contributed by atoms with Crippen LogP contribution in [0.4, 0.5) is 0 Å². The molecular formula is C17H22N2OS. The van der Waals surface area contributed by atoms with Crippen molar-refractivity contribution in [2.45, 2.75) is 38.3 Å². The number of aryl methyl sites for hydroxylation is 1. The van der Waals surface area contributed by atoms with Crippen LogP contribution in [0.2, 0.25) is 0 Å². The molecule has 0 saturated heterocycles. The number of thioether (sulfide) groups is 1. The Bertz CT molecular complexity index is 558. The number of nitrogens with zero attached hydrogens (tertiary/aromatic N) is 2. The molecule has 21 heavy (non-hydrogen) atoms. The molecule has 2 rings (SSSR count). The van der Waals surface area contributed by atoms with E-state index in [-0.39, 0.29) is 0 Å². The lowest BCUT2D eigenvalue weighted by atomic mass is 10.0. The Labute approximate surface area is 131 Å². The summed E-state index contributed by atoms with van der Waals surface area (Å²) in [5.41, 5.74) is 2.51. The summed E-state index contributed by atoms with van der Waals surface area (Å²) in [6.45, 7) is 7.21. The summed E-state index contributed by atoms with van der Waals surface area (Å²) < 4.78 is 5.96. The van der Waals surface area contributed by atoms with Crippen LogP contribution in [0.1, 0.15) is 37.3 Å². The number of hydrogen-bond donors (Lipinski definition) is 0. The lowest BCUT2D eigenvalue weighted by Gasteiger charge is -2.14. The number of rotatable bonds is 7. The Morgan fingerprint density at radius 2 is 1.95 bits per heavy atom. The molecule has 0 N–H and O–H groups in total. The normalized spacial score (nSPS) is 10.9. The zero-order chi connectivity index (χ0) is 15.1. The lowest BCUT2D eigenvalue weighted by molar-refractivity contribution is 0.314. The van der Waals surface area contributed by atoms with Gasteiger partial charge in [-0.2, -0.15) is 0 Å². The smallest absolute Gasteiger partial charge is 0.187 e. The van der Waals surface area contributed by atoms with Crippen LogP contribution in [0.15, 0.2) is 41.8 Å². The van der Waals surface area contributed by atoms with E-state index in [2.05, 4.69) is 48.9 Å². The highest BCUT2D eigenvalue weighted by atomic mass is 32.2. The maximum Gasteiger partial charge on any atom is 0.187 e. The maximum atomic E-state index is 5.96. The second-order valence-electron chi connectivity index (χ2n) is 5.28. The molecule has 1 aromatic carbocycles. The molecule has 3 nitrogen and oxygen atoms in total. The molecule has 0 aliphatic heterocycles. The Morgan fingerprint density at radius 3 is 2.67 bits per heavy atom. The third kappa shape index (κ3) is 5.05. The van der Waals surface area contributed by atoms with Gasteiger partial charge in [-0.3, -0.25) is 0 Å². The highest BCUT2D eigenvalue weighted by Crippen LogP contribution is 2.27. The first-order valence-electron chi connectivity index (χ1n) is 7.30. The van der Waals surface area contributed by atoms with Gasteiger partial charge in [0.2, 0.25) is 0 Å². The van der Waals surface area contributed by atoms with Gasteiger partial charge in [0, 0.05) is 18.1 Å². The highest BCUT2D eigenvalue weighted by molar-refractivity contribution is 7.99. The van der Waals surface area contributed by atoms with E-state index in [0.29, 0.717) is 5.92 Å². The van der Waals surface area contributed by atoms with Gasteiger partial charge < -0.3 is 4.74 Å². The molecule has 0 radical (unpaired) electrons. The van der Waals surface area contributed by atoms with Crippen molar-refractivity contribution in [2.24, 2.45) is 0 Å². The van der Waals surface area contributed by atoms with Gasteiger partial charge in [-0.25, -0.2) is 9.97 Å². The molecule has 1 aromatic heterocycles. The van der Waals surface area contributed by atoms with E-state index >= 15 is 0 Å². The second kappa shape index (κ2) is 8.03. The first kappa shape index (κ1) is 15.8. The van der Waals surface area contributed by atoms with E-state index in [1.807, 2.05) is 6.07 Å². The van der Waals surface area contributed by atoms with Gasteiger partial charge in [0.1, 0.15) is 5.75 Å². The third-order valence-electron chi connectivity index (χ3n) is 3.11. The maximum absolute atomic E-state index is 5.96. The predicted molar refractivity (Wildman–Crippen MR) is 88.1 cm³/mol. The predicted octanol–water partition coefficient (Wildman–Crippen LogP) is 4.47. The monoisotopic (exact) mass is 302 g/mol. The van der Waals surface area contributed by atoms with Gasteiger partial charge in [0.15, 0.2) is 5.16 Å². The van der Waals surface area contributed by atoms with Crippen molar-refractivity contribution in [1.29, 1.82) is 0 Å². The van der Waals surface area contributed by atoms with Crippen molar-refractivity contribution in [3.05, 3.63) is 47.8 Å². The van der Waals surface area contributed by atoms with E-state index in [9.17, 15) is 0 Å². The molecule has 4 heteroatoms. The van der Waals surface area contributed by atoms with Gasteiger partial charge >= 0.3 is 0 Å².